The monoisotopic (exact) mass is 1230 g/mol. The summed E-state index contributed by atoms with van der Waals surface area (Å²) >= 11 is 0. The number of unbranched alkanes of at least 4 members (excludes halogenated alkanes) is 28. The van der Waals surface area contributed by atoms with Crippen molar-refractivity contribution >= 4 is 35.8 Å². The van der Waals surface area contributed by atoms with Gasteiger partial charge in [0.25, 0.3) is 0 Å². The van der Waals surface area contributed by atoms with E-state index in [2.05, 4.69) is 13.8 Å². The maximum absolute atomic E-state index is 13.2. The minimum Gasteiger partial charge on any atom is -0.496 e. The van der Waals surface area contributed by atoms with Gasteiger partial charge in [0.15, 0.2) is 6.10 Å². The highest BCUT2D eigenvalue weighted by molar-refractivity contribution is 5.98. The lowest BCUT2D eigenvalue weighted by Gasteiger charge is -2.20. The number of benzene rings is 2. The summed E-state index contributed by atoms with van der Waals surface area (Å²) in [5.41, 5.74) is 4.45. The Morgan fingerprint density at radius 1 is 0.568 bits per heavy atom. The molecular formula is C74H118O14. The van der Waals surface area contributed by atoms with Gasteiger partial charge in [-0.05, 0) is 75.1 Å². The molecule has 0 saturated heterocycles. The third-order valence-electron chi connectivity index (χ3n) is 17.1. The van der Waals surface area contributed by atoms with Crippen LogP contribution in [0.5, 0.6) is 17.2 Å². The summed E-state index contributed by atoms with van der Waals surface area (Å²) in [6, 6.07) is 7.14. The quantitative estimate of drug-likeness (QED) is 0.0201. The van der Waals surface area contributed by atoms with Gasteiger partial charge in [0.2, 0.25) is 0 Å². The van der Waals surface area contributed by atoms with Crippen molar-refractivity contribution in [1.29, 1.82) is 0 Å². The van der Waals surface area contributed by atoms with E-state index < -0.39 is 12.1 Å². The highest BCUT2D eigenvalue weighted by atomic mass is 16.6. The van der Waals surface area contributed by atoms with Crippen LogP contribution in [0, 0.1) is 18.8 Å². The number of cyclic esters (lactones) is 1. The Morgan fingerprint density at radius 2 is 1.05 bits per heavy atom. The van der Waals surface area contributed by atoms with Crippen LogP contribution in [0.15, 0.2) is 35.9 Å². The molecule has 2 aromatic rings. The molecule has 1 aliphatic rings. The van der Waals surface area contributed by atoms with E-state index >= 15 is 0 Å². The SMILES string of the molecule is CCCCCCCCCCCCCCCC(=O)OCC(COC(=O)CCCCCCCCCCCCCCC)OC(=O)CC(C)CCCCCCCC(C)C(=O)Oc1ccc(COc2c(C/C=C(\C)CCC(=O)OC)c(OC)c(C)c3c2C(=O)OC3)cc1. The van der Waals surface area contributed by atoms with Gasteiger partial charge in [-0.25, -0.2) is 4.79 Å². The number of allylic oxidation sites excluding steroid dienone is 2. The molecule has 0 radical (unpaired) electrons. The lowest BCUT2D eigenvalue weighted by atomic mass is 9.94. The Bertz CT molecular complexity index is 2260. The van der Waals surface area contributed by atoms with Gasteiger partial charge in [-0.2, -0.15) is 0 Å². The van der Waals surface area contributed by atoms with Crippen LogP contribution in [-0.4, -0.2) is 69.4 Å². The van der Waals surface area contributed by atoms with Crippen molar-refractivity contribution in [3.63, 3.8) is 0 Å². The Balaban J connectivity index is 1.37. The van der Waals surface area contributed by atoms with Crippen molar-refractivity contribution in [1.82, 2.24) is 0 Å². The molecule has 0 bridgehead atoms. The van der Waals surface area contributed by atoms with Crippen molar-refractivity contribution in [2.45, 2.75) is 311 Å². The molecule has 0 N–H and O–H groups in total. The van der Waals surface area contributed by atoms with E-state index in [1.54, 1.807) is 19.2 Å². The number of methoxy groups -OCH3 is 2. The van der Waals surface area contributed by atoms with Gasteiger partial charge >= 0.3 is 35.8 Å². The average Bonchev–Trinajstić information content (AvgIpc) is 1.94. The molecule has 0 saturated carbocycles. The molecular weight excluding hydrogens is 1110 g/mol. The van der Waals surface area contributed by atoms with Gasteiger partial charge in [0.1, 0.15) is 49.2 Å². The van der Waals surface area contributed by atoms with E-state index in [-0.39, 0.29) is 81.0 Å². The largest absolute Gasteiger partial charge is 0.496 e. The zero-order chi connectivity index (χ0) is 64.0. The molecule has 14 heteroatoms. The first-order valence-corrected chi connectivity index (χ1v) is 34.8. The fraction of sp³-hybridized carbons (Fsp3) is 0.730. The highest BCUT2D eigenvalue weighted by Gasteiger charge is 2.33. The summed E-state index contributed by atoms with van der Waals surface area (Å²) < 4.78 is 45.3. The third-order valence-corrected chi connectivity index (χ3v) is 17.1. The van der Waals surface area contributed by atoms with E-state index in [1.807, 2.05) is 45.9 Å². The molecule has 2 aromatic carbocycles. The van der Waals surface area contributed by atoms with Gasteiger partial charge in [0, 0.05) is 36.8 Å². The number of carbonyl (C=O) groups excluding carboxylic acids is 6. The lowest BCUT2D eigenvalue weighted by Crippen LogP contribution is -2.31. The number of esters is 6. The normalized spacial score (nSPS) is 12.8. The summed E-state index contributed by atoms with van der Waals surface area (Å²) in [5, 5.41) is 0. The Labute approximate surface area is 531 Å². The second-order valence-corrected chi connectivity index (χ2v) is 25.1. The summed E-state index contributed by atoms with van der Waals surface area (Å²) in [5.74, 6) is -0.805. The van der Waals surface area contributed by atoms with E-state index in [1.165, 1.54) is 136 Å². The molecule has 0 fully saturated rings. The Hall–Kier alpha value is -5.40. The van der Waals surface area contributed by atoms with E-state index in [4.69, 9.17) is 37.9 Å². The minimum absolute atomic E-state index is 0.0847. The molecule has 3 rings (SSSR count). The third kappa shape index (κ3) is 34.0. The van der Waals surface area contributed by atoms with Gasteiger partial charge < -0.3 is 37.9 Å². The van der Waals surface area contributed by atoms with Crippen LogP contribution in [-0.2, 0) is 67.3 Å². The van der Waals surface area contributed by atoms with Crippen molar-refractivity contribution in [3.8, 4) is 17.2 Å². The minimum atomic E-state index is -0.856. The standard InChI is InChI=1S/C74H118O14/c1-9-11-13-15-17-19-21-23-25-27-29-34-38-42-67(76)83-54-63(55-84-68(77)43-39-35-30-28-26-24-22-20-18-16-14-12-10-2)87-69(78)52-58(4)40-36-32-31-33-37-41-59(5)73(79)88-62-48-46-61(47-49-62)53-85-72-64(50-44-57(3)45-51-66(75)81-7)71(82-8)60(6)65-56-86-74(80)70(65)72/h44,46-49,58-59,63H,9-43,45,50-56H2,1-8H3/b57-44+. The first-order chi connectivity index (χ1) is 42.7. The fourth-order valence-corrected chi connectivity index (χ4v) is 11.4. The molecule has 88 heavy (non-hydrogen) atoms. The topological polar surface area (TPSA) is 176 Å². The fourth-order valence-electron chi connectivity index (χ4n) is 11.4. The van der Waals surface area contributed by atoms with Crippen LogP contribution in [0.25, 0.3) is 0 Å². The smallest absolute Gasteiger partial charge is 0.342 e. The first-order valence-electron chi connectivity index (χ1n) is 34.8. The van der Waals surface area contributed by atoms with Crippen LogP contribution in [0.2, 0.25) is 0 Å². The first kappa shape index (κ1) is 76.8. The Morgan fingerprint density at radius 3 is 1.53 bits per heavy atom. The molecule has 14 nitrogen and oxygen atoms in total. The number of hydrogen-bond acceptors (Lipinski definition) is 14. The number of rotatable bonds is 54. The van der Waals surface area contributed by atoms with Crippen molar-refractivity contribution in [3.05, 3.63) is 63.7 Å². The summed E-state index contributed by atoms with van der Waals surface area (Å²) in [7, 11) is 2.96. The maximum atomic E-state index is 13.2. The zero-order valence-electron chi connectivity index (χ0n) is 56.2. The maximum Gasteiger partial charge on any atom is 0.342 e. The van der Waals surface area contributed by atoms with Gasteiger partial charge in [0.05, 0.1) is 20.1 Å². The van der Waals surface area contributed by atoms with Crippen LogP contribution in [0.4, 0.5) is 0 Å². The van der Waals surface area contributed by atoms with Gasteiger partial charge in [-0.15, -0.1) is 0 Å². The predicted octanol–water partition coefficient (Wildman–Crippen LogP) is 19.0. The lowest BCUT2D eigenvalue weighted by molar-refractivity contribution is -0.167. The van der Waals surface area contributed by atoms with Crippen molar-refractivity contribution in [2.24, 2.45) is 11.8 Å². The number of hydrogen-bond donors (Lipinski definition) is 0. The van der Waals surface area contributed by atoms with Gasteiger partial charge in [-0.1, -0.05) is 244 Å². The van der Waals surface area contributed by atoms with Crippen molar-refractivity contribution < 1.29 is 66.7 Å². The second-order valence-electron chi connectivity index (χ2n) is 25.1. The molecule has 1 aliphatic heterocycles. The molecule has 0 aliphatic carbocycles. The van der Waals surface area contributed by atoms with Crippen LogP contribution in [0.3, 0.4) is 0 Å². The molecule has 1 heterocycles. The van der Waals surface area contributed by atoms with E-state index in [0.717, 1.165) is 99.3 Å². The second kappa shape index (κ2) is 48.5. The molecule has 2 atom stereocenters. The van der Waals surface area contributed by atoms with Crippen molar-refractivity contribution in [2.75, 3.05) is 27.4 Å². The average molecular weight is 1230 g/mol. The van der Waals surface area contributed by atoms with E-state index in [9.17, 15) is 28.8 Å². The number of ether oxygens (including phenoxy) is 8. The molecule has 0 amide bonds. The summed E-state index contributed by atoms with van der Waals surface area (Å²) in [6.45, 7) is 12.3. The molecule has 0 aromatic heterocycles. The van der Waals surface area contributed by atoms with E-state index in [0.29, 0.717) is 60.5 Å². The summed E-state index contributed by atoms with van der Waals surface area (Å²) in [4.78, 5) is 76.7. The van der Waals surface area contributed by atoms with Gasteiger partial charge in [-0.3, -0.25) is 24.0 Å². The highest BCUT2D eigenvalue weighted by Crippen LogP contribution is 2.43. The molecule has 498 valence electrons. The van der Waals surface area contributed by atoms with Crippen LogP contribution < -0.4 is 14.2 Å². The molecule has 0 spiro atoms. The zero-order valence-corrected chi connectivity index (χ0v) is 56.2. The summed E-state index contributed by atoms with van der Waals surface area (Å²) in [6.07, 6.45) is 41.4. The van der Waals surface area contributed by atoms with Crippen LogP contribution >= 0.6 is 0 Å². The number of fused-ring (bicyclic) bond motifs is 1. The predicted molar refractivity (Wildman–Crippen MR) is 350 cm³/mol. The number of carbonyl (C=O) groups is 6. The van der Waals surface area contributed by atoms with Crippen LogP contribution in [0.1, 0.15) is 311 Å². The molecule has 2 unspecified atom stereocenters. The Kier molecular flexibility index (Phi) is 42.3.